The number of nitrogens with zero attached hydrogens (tertiary/aromatic N) is 1. The zero-order valence-electron chi connectivity index (χ0n) is 21.1. The number of anilines is 1. The first-order valence-corrected chi connectivity index (χ1v) is 12.9. The van der Waals surface area contributed by atoms with Gasteiger partial charge in [-0.1, -0.05) is 44.5 Å². The molecular weight excluding hydrogens is 470 g/mol. The van der Waals surface area contributed by atoms with Crippen molar-refractivity contribution in [1.29, 1.82) is 0 Å². The van der Waals surface area contributed by atoms with Crippen molar-refractivity contribution in [1.82, 2.24) is 10.2 Å². The van der Waals surface area contributed by atoms with E-state index in [0.717, 1.165) is 12.0 Å². The highest BCUT2D eigenvalue weighted by Gasteiger charge is 2.80. The van der Waals surface area contributed by atoms with Gasteiger partial charge in [0.2, 0.25) is 17.7 Å². The molecule has 3 heterocycles. The molecule has 35 heavy (non-hydrogen) atoms. The van der Waals surface area contributed by atoms with Crippen LogP contribution in [0.15, 0.2) is 18.2 Å². The summed E-state index contributed by atoms with van der Waals surface area (Å²) in [5, 5.41) is 16.4. The Labute approximate surface area is 211 Å². The van der Waals surface area contributed by atoms with Crippen LogP contribution in [0.4, 0.5) is 5.69 Å². The van der Waals surface area contributed by atoms with Crippen LogP contribution in [-0.4, -0.2) is 64.2 Å². The van der Waals surface area contributed by atoms with Crippen molar-refractivity contribution < 1.29 is 24.2 Å². The summed E-state index contributed by atoms with van der Waals surface area (Å²) in [6, 6.07) is 3.77. The summed E-state index contributed by atoms with van der Waals surface area (Å²) in [7, 11) is 0. The first-order valence-electron chi connectivity index (χ1n) is 12.5. The summed E-state index contributed by atoms with van der Waals surface area (Å²) in [6.45, 7) is 9.78. The lowest BCUT2D eigenvalue weighted by Gasteiger charge is -2.36. The summed E-state index contributed by atoms with van der Waals surface area (Å²) in [4.78, 5) is 42.8. The molecule has 3 aliphatic rings. The van der Waals surface area contributed by atoms with Gasteiger partial charge in [-0.2, -0.15) is 0 Å². The Morgan fingerprint density at radius 2 is 2.03 bits per heavy atom. The number of aliphatic hydroxyl groups excluding tert-OH is 1. The Hall–Kier alpha value is -2.16. The van der Waals surface area contributed by atoms with Gasteiger partial charge in [0.1, 0.15) is 11.6 Å². The number of carbonyl (C=O) groups is 3. The normalized spacial score (nSPS) is 34.1. The first kappa shape index (κ1) is 25.9. The van der Waals surface area contributed by atoms with Crippen molar-refractivity contribution in [3.8, 4) is 0 Å². The largest absolute Gasteiger partial charge is 0.394 e. The minimum atomic E-state index is -1.17. The second-order valence-corrected chi connectivity index (χ2v) is 10.8. The zero-order valence-corrected chi connectivity index (χ0v) is 21.8. The number of benzene rings is 1. The van der Waals surface area contributed by atoms with Crippen LogP contribution in [0.3, 0.4) is 0 Å². The molecule has 0 saturated carbocycles. The highest BCUT2D eigenvalue weighted by atomic mass is 35.5. The minimum Gasteiger partial charge on any atom is -0.394 e. The van der Waals surface area contributed by atoms with Crippen molar-refractivity contribution >= 4 is 35.0 Å². The maximum atomic E-state index is 14.0. The topological polar surface area (TPSA) is 108 Å². The molecule has 9 heteroatoms. The molecule has 1 aromatic rings. The SMILES string of the molecule is CCCNC(=O)[C@@H]1[C@H]2C(=O)N([C@@H](CC)CO)C(C(=O)Nc3c(C)cccc3Cl)C23CC(C)[C@@]1(C)O3. The highest BCUT2D eigenvalue weighted by molar-refractivity contribution is 6.34. The van der Waals surface area contributed by atoms with E-state index in [1.165, 1.54) is 4.90 Å². The van der Waals surface area contributed by atoms with Crippen LogP contribution >= 0.6 is 11.6 Å². The Bertz CT molecular complexity index is 1010. The number of fused-ring (bicyclic) bond motifs is 1. The average Bonchev–Trinajstić information content (AvgIpc) is 3.33. The standard InChI is InChI=1S/C26H36ClN3O5/c1-6-11-28-22(32)18-19-24(34)30(16(7-2)13-31)21(26(19)12-15(4)25(18,5)35-26)23(33)29-20-14(3)9-8-10-17(20)27/h8-10,15-16,18-19,21,31H,6-7,11-13H2,1-5H3,(H,28,32)(H,29,33)/t15?,16-,18-,19-,21?,25+,26?/m0/s1. The molecule has 3 saturated heterocycles. The number of hydrogen-bond donors (Lipinski definition) is 3. The van der Waals surface area contributed by atoms with E-state index in [2.05, 4.69) is 10.6 Å². The predicted molar refractivity (Wildman–Crippen MR) is 133 cm³/mol. The van der Waals surface area contributed by atoms with E-state index in [4.69, 9.17) is 16.3 Å². The number of halogens is 1. The van der Waals surface area contributed by atoms with E-state index in [9.17, 15) is 19.5 Å². The molecule has 0 radical (unpaired) electrons. The second-order valence-electron chi connectivity index (χ2n) is 10.4. The molecule has 2 bridgehead atoms. The van der Waals surface area contributed by atoms with E-state index < -0.39 is 41.0 Å². The number of carbonyl (C=O) groups excluding carboxylic acids is 3. The molecule has 8 nitrogen and oxygen atoms in total. The van der Waals surface area contributed by atoms with Crippen molar-refractivity contribution in [3.63, 3.8) is 0 Å². The second kappa shape index (κ2) is 9.37. The molecular formula is C26H36ClN3O5. The van der Waals surface area contributed by atoms with Crippen LogP contribution in [0.2, 0.25) is 5.02 Å². The number of amides is 3. The number of hydrogen-bond acceptors (Lipinski definition) is 5. The molecule has 192 valence electrons. The molecule has 3 fully saturated rings. The van der Waals surface area contributed by atoms with Crippen LogP contribution < -0.4 is 10.6 Å². The van der Waals surface area contributed by atoms with Gasteiger partial charge in [0.25, 0.3) is 0 Å². The predicted octanol–water partition coefficient (Wildman–Crippen LogP) is 2.89. The van der Waals surface area contributed by atoms with Gasteiger partial charge in [-0.05, 0) is 50.7 Å². The number of para-hydroxylation sites is 1. The monoisotopic (exact) mass is 505 g/mol. The molecule has 7 atom stereocenters. The third kappa shape index (κ3) is 3.76. The number of aliphatic hydroxyl groups is 1. The Kier molecular flexibility index (Phi) is 6.94. The Balaban J connectivity index is 1.81. The maximum absolute atomic E-state index is 14.0. The van der Waals surface area contributed by atoms with E-state index in [1.807, 2.05) is 40.7 Å². The Morgan fingerprint density at radius 1 is 1.31 bits per heavy atom. The molecule has 4 rings (SSSR count). The van der Waals surface area contributed by atoms with Crippen LogP contribution in [0, 0.1) is 24.7 Å². The van der Waals surface area contributed by atoms with Crippen LogP contribution in [0.25, 0.3) is 0 Å². The van der Waals surface area contributed by atoms with Crippen LogP contribution in [0.1, 0.15) is 52.5 Å². The minimum absolute atomic E-state index is 0.0459. The van der Waals surface area contributed by atoms with Crippen molar-refractivity contribution in [3.05, 3.63) is 28.8 Å². The number of nitrogens with one attached hydrogen (secondary N) is 2. The third-order valence-corrected chi connectivity index (χ3v) is 8.69. The van der Waals surface area contributed by atoms with Gasteiger partial charge in [-0.3, -0.25) is 14.4 Å². The molecule has 0 aliphatic carbocycles. The molecule has 3 amide bonds. The van der Waals surface area contributed by atoms with Gasteiger partial charge in [0.15, 0.2) is 0 Å². The van der Waals surface area contributed by atoms with Gasteiger partial charge in [0, 0.05) is 6.54 Å². The lowest BCUT2D eigenvalue weighted by molar-refractivity contribution is -0.149. The Morgan fingerprint density at radius 3 is 2.63 bits per heavy atom. The molecule has 3 aliphatic heterocycles. The lowest BCUT2D eigenvalue weighted by atomic mass is 9.62. The fourth-order valence-corrected chi connectivity index (χ4v) is 6.79. The van der Waals surface area contributed by atoms with Gasteiger partial charge in [-0.15, -0.1) is 0 Å². The first-order chi connectivity index (χ1) is 16.6. The summed E-state index contributed by atoms with van der Waals surface area (Å²) >= 11 is 6.39. The molecule has 0 aromatic heterocycles. The van der Waals surface area contributed by atoms with Gasteiger partial charge in [-0.25, -0.2) is 0 Å². The number of rotatable bonds is 8. The van der Waals surface area contributed by atoms with Crippen LogP contribution in [-0.2, 0) is 19.1 Å². The molecule has 1 spiro atoms. The smallest absolute Gasteiger partial charge is 0.250 e. The third-order valence-electron chi connectivity index (χ3n) is 8.38. The zero-order chi connectivity index (χ0) is 25.7. The van der Waals surface area contributed by atoms with Gasteiger partial charge >= 0.3 is 0 Å². The van der Waals surface area contributed by atoms with E-state index in [0.29, 0.717) is 30.1 Å². The quantitative estimate of drug-likeness (QED) is 0.503. The molecule has 1 aromatic carbocycles. The summed E-state index contributed by atoms with van der Waals surface area (Å²) < 4.78 is 6.67. The number of likely N-dealkylation sites (tertiary alicyclic amines) is 1. The van der Waals surface area contributed by atoms with E-state index in [1.54, 1.807) is 12.1 Å². The summed E-state index contributed by atoms with van der Waals surface area (Å²) in [5.41, 5.74) is -0.767. The molecule has 3 unspecified atom stereocenters. The fraction of sp³-hybridized carbons (Fsp3) is 0.654. The van der Waals surface area contributed by atoms with E-state index >= 15 is 0 Å². The lowest BCUT2D eigenvalue weighted by Crippen LogP contribution is -2.56. The van der Waals surface area contributed by atoms with Crippen molar-refractivity contribution in [2.45, 2.75) is 77.2 Å². The van der Waals surface area contributed by atoms with Crippen LogP contribution in [0.5, 0.6) is 0 Å². The summed E-state index contributed by atoms with van der Waals surface area (Å²) in [5.74, 6) is -2.52. The van der Waals surface area contributed by atoms with Crippen molar-refractivity contribution in [2.75, 3.05) is 18.5 Å². The summed E-state index contributed by atoms with van der Waals surface area (Å²) in [6.07, 6.45) is 1.70. The maximum Gasteiger partial charge on any atom is 0.250 e. The van der Waals surface area contributed by atoms with E-state index in [-0.39, 0.29) is 24.3 Å². The van der Waals surface area contributed by atoms with Crippen molar-refractivity contribution in [2.24, 2.45) is 17.8 Å². The van der Waals surface area contributed by atoms with Gasteiger partial charge < -0.3 is 25.4 Å². The fourth-order valence-electron chi connectivity index (χ4n) is 6.52. The molecule has 3 N–H and O–H groups in total. The number of aryl methyl sites for hydroxylation is 1. The average molecular weight is 506 g/mol. The highest BCUT2D eigenvalue weighted by Crippen LogP contribution is 2.65. The number of ether oxygens (including phenoxy) is 1. The van der Waals surface area contributed by atoms with Gasteiger partial charge in [0.05, 0.1) is 40.8 Å².